The van der Waals surface area contributed by atoms with Crippen LogP contribution in [0.15, 0.2) is 18.3 Å². The fourth-order valence-corrected chi connectivity index (χ4v) is 1.06. The van der Waals surface area contributed by atoms with Crippen LogP contribution in [-0.2, 0) is 0 Å². The Hall–Kier alpha value is -0.650. The third-order valence-electron chi connectivity index (χ3n) is 1.08. The van der Waals surface area contributed by atoms with Gasteiger partial charge < -0.3 is 5.73 Å². The van der Waals surface area contributed by atoms with Crippen molar-refractivity contribution in [1.29, 1.82) is 5.41 Å². The van der Waals surface area contributed by atoms with Crippen LogP contribution in [0.1, 0.15) is 5.56 Å². The molecule has 10 heavy (non-hydrogen) atoms. The van der Waals surface area contributed by atoms with Gasteiger partial charge >= 0.3 is 0 Å². The van der Waals surface area contributed by atoms with E-state index in [0.29, 0.717) is 15.1 Å². The molecule has 0 saturated heterocycles. The number of hydrogen-bond acceptors (Lipinski definition) is 3. The van der Waals surface area contributed by atoms with Crippen molar-refractivity contribution < 1.29 is 0 Å². The molecule has 0 bridgehead atoms. The molecule has 0 fully saturated rings. The molecule has 0 amide bonds. The molecule has 0 aliphatic rings. The van der Waals surface area contributed by atoms with Crippen LogP contribution >= 0.6 is 22.6 Å². The quantitative estimate of drug-likeness (QED) is 0.582. The van der Waals surface area contributed by atoms with Crippen LogP contribution in [0.5, 0.6) is 0 Å². The molecule has 3 nitrogen and oxygen atoms in total. The summed E-state index contributed by atoms with van der Waals surface area (Å²) in [5, 5.41) is 7.24. The standard InChI is InChI=1S/C6H6IN3/c7-5(8)4-2-1-3-10-6(4)9/h1-3,8H,(H2,9,10). The number of aromatic nitrogens is 1. The summed E-state index contributed by atoms with van der Waals surface area (Å²) in [5.74, 6) is 0.418. The van der Waals surface area contributed by atoms with Gasteiger partial charge in [0.15, 0.2) is 0 Å². The van der Waals surface area contributed by atoms with Crippen molar-refractivity contribution >= 4 is 32.1 Å². The monoisotopic (exact) mass is 247 g/mol. The van der Waals surface area contributed by atoms with E-state index in [0.717, 1.165) is 0 Å². The van der Waals surface area contributed by atoms with E-state index in [-0.39, 0.29) is 0 Å². The SMILES string of the molecule is N=C(I)c1cccnc1N. The van der Waals surface area contributed by atoms with Crippen molar-refractivity contribution in [3.05, 3.63) is 23.9 Å². The lowest BCUT2D eigenvalue weighted by atomic mass is 10.3. The molecule has 0 spiro atoms. The van der Waals surface area contributed by atoms with Gasteiger partial charge in [0.1, 0.15) is 9.54 Å². The maximum absolute atomic E-state index is 7.24. The van der Waals surface area contributed by atoms with Gasteiger partial charge in [-0.1, -0.05) is 0 Å². The average Bonchev–Trinajstić information content (AvgIpc) is 1.88. The van der Waals surface area contributed by atoms with Crippen molar-refractivity contribution in [3.63, 3.8) is 0 Å². The van der Waals surface area contributed by atoms with Gasteiger partial charge in [0, 0.05) is 11.8 Å². The van der Waals surface area contributed by atoms with Crippen LogP contribution < -0.4 is 5.73 Å². The van der Waals surface area contributed by atoms with Crippen LogP contribution in [0.25, 0.3) is 0 Å². The largest absolute Gasteiger partial charge is 0.383 e. The third-order valence-corrected chi connectivity index (χ3v) is 1.66. The highest BCUT2D eigenvalue weighted by Gasteiger charge is 2.00. The summed E-state index contributed by atoms with van der Waals surface area (Å²) in [6.07, 6.45) is 1.61. The summed E-state index contributed by atoms with van der Waals surface area (Å²) in [6.45, 7) is 0. The minimum Gasteiger partial charge on any atom is -0.383 e. The number of anilines is 1. The molecule has 4 heteroatoms. The Labute approximate surface area is 72.3 Å². The summed E-state index contributed by atoms with van der Waals surface area (Å²) >= 11 is 1.90. The van der Waals surface area contributed by atoms with Crippen LogP contribution in [0, 0.1) is 5.41 Å². The number of rotatable bonds is 1. The molecule has 0 aliphatic carbocycles. The zero-order chi connectivity index (χ0) is 7.56. The average molecular weight is 247 g/mol. The molecule has 0 saturated carbocycles. The van der Waals surface area contributed by atoms with E-state index < -0.39 is 0 Å². The van der Waals surface area contributed by atoms with Gasteiger partial charge in [-0.3, -0.25) is 5.41 Å². The molecule has 1 rings (SSSR count). The Morgan fingerprint density at radius 3 is 2.80 bits per heavy atom. The van der Waals surface area contributed by atoms with Gasteiger partial charge in [-0.05, 0) is 34.7 Å². The van der Waals surface area contributed by atoms with E-state index in [4.69, 9.17) is 11.1 Å². The summed E-state index contributed by atoms with van der Waals surface area (Å²) in [6, 6.07) is 3.54. The molecular weight excluding hydrogens is 241 g/mol. The Bertz CT molecular complexity index is 259. The predicted octanol–water partition coefficient (Wildman–Crippen LogP) is 1.42. The van der Waals surface area contributed by atoms with Crippen molar-refractivity contribution in [2.24, 2.45) is 0 Å². The smallest absolute Gasteiger partial charge is 0.133 e. The van der Waals surface area contributed by atoms with Crippen LogP contribution in [-0.4, -0.2) is 8.70 Å². The Morgan fingerprint density at radius 2 is 2.40 bits per heavy atom. The molecule has 0 aromatic carbocycles. The van der Waals surface area contributed by atoms with E-state index in [1.165, 1.54) is 0 Å². The zero-order valence-electron chi connectivity index (χ0n) is 5.13. The lowest BCUT2D eigenvalue weighted by Crippen LogP contribution is -1.98. The first kappa shape index (κ1) is 7.46. The highest BCUT2D eigenvalue weighted by Crippen LogP contribution is 2.10. The van der Waals surface area contributed by atoms with E-state index in [2.05, 4.69) is 4.98 Å². The summed E-state index contributed by atoms with van der Waals surface area (Å²) in [5.41, 5.74) is 6.16. The van der Waals surface area contributed by atoms with Gasteiger partial charge in [0.25, 0.3) is 0 Å². The van der Waals surface area contributed by atoms with Gasteiger partial charge in [-0.15, -0.1) is 0 Å². The van der Waals surface area contributed by atoms with E-state index >= 15 is 0 Å². The number of nitrogens with two attached hydrogens (primary N) is 1. The number of hydrogen-bond donors (Lipinski definition) is 2. The maximum atomic E-state index is 7.24. The summed E-state index contributed by atoms with van der Waals surface area (Å²) < 4.78 is 0.420. The molecule has 52 valence electrons. The van der Waals surface area contributed by atoms with Crippen molar-refractivity contribution in [1.82, 2.24) is 4.98 Å². The van der Waals surface area contributed by atoms with Crippen LogP contribution in [0.3, 0.4) is 0 Å². The van der Waals surface area contributed by atoms with Crippen molar-refractivity contribution in [2.45, 2.75) is 0 Å². The fraction of sp³-hybridized carbons (Fsp3) is 0. The second-order valence-corrected chi connectivity index (χ2v) is 2.83. The van der Waals surface area contributed by atoms with Gasteiger partial charge in [0.2, 0.25) is 0 Å². The summed E-state index contributed by atoms with van der Waals surface area (Å²) in [7, 11) is 0. The molecule has 1 aromatic rings. The van der Waals surface area contributed by atoms with Gasteiger partial charge in [0.05, 0.1) is 0 Å². The first-order chi connectivity index (χ1) is 4.72. The highest BCUT2D eigenvalue weighted by molar-refractivity contribution is 14.1. The Kier molecular flexibility index (Phi) is 2.21. The molecule has 1 heterocycles. The second-order valence-electron chi connectivity index (χ2n) is 1.75. The molecule has 1 aromatic heterocycles. The van der Waals surface area contributed by atoms with E-state index in [9.17, 15) is 0 Å². The molecule has 0 unspecified atom stereocenters. The first-order valence-electron chi connectivity index (χ1n) is 2.66. The van der Waals surface area contributed by atoms with Crippen molar-refractivity contribution in [2.75, 3.05) is 5.73 Å². The van der Waals surface area contributed by atoms with Crippen molar-refractivity contribution in [3.8, 4) is 0 Å². The molecule has 0 radical (unpaired) electrons. The zero-order valence-corrected chi connectivity index (χ0v) is 7.29. The topological polar surface area (TPSA) is 62.8 Å². The lowest BCUT2D eigenvalue weighted by molar-refractivity contribution is 1.32. The molecule has 0 aliphatic heterocycles. The molecule has 3 N–H and O–H groups in total. The third kappa shape index (κ3) is 1.44. The minimum atomic E-state index is 0.418. The number of pyridine rings is 1. The predicted molar refractivity (Wildman–Crippen MR) is 49.5 cm³/mol. The molecular formula is C6H6IN3. The lowest BCUT2D eigenvalue weighted by Gasteiger charge is -1.97. The second kappa shape index (κ2) is 2.96. The van der Waals surface area contributed by atoms with Crippen LogP contribution in [0.4, 0.5) is 5.82 Å². The number of nitrogens with zero attached hydrogens (tertiary/aromatic N) is 1. The Balaban J connectivity index is 3.15. The number of halogens is 1. The van der Waals surface area contributed by atoms with Crippen LogP contribution in [0.2, 0.25) is 0 Å². The normalized spacial score (nSPS) is 9.30. The Morgan fingerprint density at radius 1 is 1.70 bits per heavy atom. The number of nitrogen functional groups attached to an aromatic ring is 1. The highest BCUT2D eigenvalue weighted by atomic mass is 127. The molecule has 0 atom stereocenters. The fourth-order valence-electron chi connectivity index (χ4n) is 0.603. The van der Waals surface area contributed by atoms with E-state index in [1.807, 2.05) is 22.6 Å². The van der Waals surface area contributed by atoms with E-state index in [1.54, 1.807) is 18.3 Å². The van der Waals surface area contributed by atoms with Gasteiger partial charge in [-0.2, -0.15) is 0 Å². The minimum absolute atomic E-state index is 0.418. The van der Waals surface area contributed by atoms with Gasteiger partial charge in [-0.25, -0.2) is 4.98 Å². The maximum Gasteiger partial charge on any atom is 0.133 e. The first-order valence-corrected chi connectivity index (χ1v) is 3.74. The summed E-state index contributed by atoms with van der Waals surface area (Å²) in [4.78, 5) is 3.83. The number of nitrogens with one attached hydrogen (secondary N) is 1.